The Hall–Kier alpha value is -5.07. The van der Waals surface area contributed by atoms with Gasteiger partial charge in [0.1, 0.15) is 17.5 Å². The minimum atomic E-state index is -0.951. The number of allylic oxidation sites excluding steroid dienone is 1. The molecule has 1 N–H and O–H groups in total. The number of aromatic carboxylic acids is 1. The Morgan fingerprint density at radius 3 is 2.60 bits per heavy atom. The highest BCUT2D eigenvalue weighted by molar-refractivity contribution is 6.09. The molecule has 0 amide bonds. The fourth-order valence-electron chi connectivity index (χ4n) is 6.47. The number of aryl methyl sites for hydroxylation is 1. The van der Waals surface area contributed by atoms with Crippen LogP contribution in [0.15, 0.2) is 116 Å². The summed E-state index contributed by atoms with van der Waals surface area (Å²) >= 11 is 0. The van der Waals surface area contributed by atoms with Crippen LogP contribution in [0.1, 0.15) is 33.6 Å². The van der Waals surface area contributed by atoms with Crippen LogP contribution in [0.4, 0.5) is 5.69 Å². The smallest absolute Gasteiger partial charge is 0.337 e. The van der Waals surface area contributed by atoms with E-state index in [2.05, 4.69) is 53.0 Å². The highest BCUT2D eigenvalue weighted by atomic mass is 16.4. The predicted molar refractivity (Wildman–Crippen MR) is 168 cm³/mol. The summed E-state index contributed by atoms with van der Waals surface area (Å²) in [5.41, 5.74) is 8.40. The third kappa shape index (κ3) is 4.46. The quantitative estimate of drug-likeness (QED) is 0.200. The molecule has 0 saturated carbocycles. The van der Waals surface area contributed by atoms with E-state index in [-0.39, 0.29) is 5.56 Å². The summed E-state index contributed by atoms with van der Waals surface area (Å²) in [4.78, 5) is 22.0. The molecule has 1 aliphatic rings. The van der Waals surface area contributed by atoms with Crippen molar-refractivity contribution in [3.8, 4) is 11.3 Å². The molecule has 1 atom stereocenters. The summed E-state index contributed by atoms with van der Waals surface area (Å²) < 4.78 is 2.82. The molecule has 3 aromatic carbocycles. The maximum Gasteiger partial charge on any atom is 0.337 e. The number of pyridine rings is 2. The SMILES string of the molecule is C[N+]1(CCCc2cccnc2)C=C(Cc2c(-c3ccc4ccccc4c3C(=O)O)nc3ccccn23)c2ccccc21. The normalized spacial score (nSPS) is 16.1. The van der Waals surface area contributed by atoms with E-state index in [4.69, 9.17) is 4.98 Å². The number of aromatic nitrogens is 3. The molecule has 3 aromatic heterocycles. The van der Waals surface area contributed by atoms with E-state index in [1.165, 1.54) is 22.4 Å². The average molecular weight is 552 g/mol. The first-order valence-corrected chi connectivity index (χ1v) is 14.3. The van der Waals surface area contributed by atoms with Crippen molar-refractivity contribution in [3.63, 3.8) is 0 Å². The van der Waals surface area contributed by atoms with Gasteiger partial charge in [0.15, 0.2) is 0 Å². The number of hydrogen-bond donors (Lipinski definition) is 1. The highest BCUT2D eigenvalue weighted by Gasteiger charge is 2.35. The predicted octanol–water partition coefficient (Wildman–Crippen LogP) is 7.41. The van der Waals surface area contributed by atoms with Gasteiger partial charge in [-0.15, -0.1) is 0 Å². The number of hydrogen-bond acceptors (Lipinski definition) is 3. The van der Waals surface area contributed by atoms with Crippen molar-refractivity contribution in [2.75, 3.05) is 13.6 Å². The minimum absolute atomic E-state index is 0.287. The Kier molecular flexibility index (Phi) is 6.40. The molecule has 7 rings (SSSR count). The molecule has 1 unspecified atom stereocenters. The van der Waals surface area contributed by atoms with Crippen LogP contribution in [0.2, 0.25) is 0 Å². The second-order valence-corrected chi connectivity index (χ2v) is 11.2. The highest BCUT2D eigenvalue weighted by Crippen LogP contribution is 2.42. The van der Waals surface area contributed by atoms with Gasteiger partial charge in [-0.05, 0) is 47.0 Å². The van der Waals surface area contributed by atoms with Crippen LogP contribution in [-0.4, -0.2) is 39.0 Å². The summed E-state index contributed by atoms with van der Waals surface area (Å²) in [6, 6.07) is 30.2. The number of benzene rings is 3. The van der Waals surface area contributed by atoms with Gasteiger partial charge < -0.3 is 9.51 Å². The molecule has 6 aromatic rings. The second-order valence-electron chi connectivity index (χ2n) is 11.2. The Bertz CT molecular complexity index is 1990. The van der Waals surface area contributed by atoms with Gasteiger partial charge in [-0.3, -0.25) is 9.47 Å². The van der Waals surface area contributed by atoms with Crippen LogP contribution < -0.4 is 4.48 Å². The van der Waals surface area contributed by atoms with Gasteiger partial charge in [0.25, 0.3) is 0 Å². The lowest BCUT2D eigenvalue weighted by Crippen LogP contribution is -2.38. The van der Waals surface area contributed by atoms with Crippen molar-refractivity contribution in [1.29, 1.82) is 0 Å². The number of carbonyl (C=O) groups is 1. The summed E-state index contributed by atoms with van der Waals surface area (Å²) in [6.45, 7) is 0.962. The van der Waals surface area contributed by atoms with E-state index in [1.807, 2.05) is 79.3 Å². The molecule has 0 bridgehead atoms. The standard InChI is InChI=1S/C36H30N4O2/c1-40(21-9-11-25-10-8-19-37-23-25)24-27(28-13-4-5-15-32(28)40)22-31-35(38-33-16-6-7-20-39(31)33)30-18-17-26-12-2-3-14-29(26)34(30)36(41)42/h2-8,10,12-20,23-24H,9,11,21-22H2,1H3/p+1. The fraction of sp³-hybridized carbons (Fsp3) is 0.139. The van der Waals surface area contributed by atoms with Gasteiger partial charge in [0, 0.05) is 54.2 Å². The van der Waals surface area contributed by atoms with Crippen molar-refractivity contribution in [1.82, 2.24) is 18.9 Å². The van der Waals surface area contributed by atoms with Crippen molar-refractivity contribution >= 4 is 33.6 Å². The molecule has 0 saturated heterocycles. The van der Waals surface area contributed by atoms with Gasteiger partial charge >= 0.3 is 5.97 Å². The van der Waals surface area contributed by atoms with E-state index in [0.717, 1.165) is 36.1 Å². The number of carboxylic acids is 1. The van der Waals surface area contributed by atoms with Crippen LogP contribution in [0.25, 0.3) is 33.3 Å². The van der Waals surface area contributed by atoms with Crippen molar-refractivity contribution in [3.05, 3.63) is 138 Å². The number of quaternary nitrogens is 1. The zero-order chi connectivity index (χ0) is 28.7. The Balaban J connectivity index is 1.32. The van der Waals surface area contributed by atoms with Crippen molar-refractivity contribution < 1.29 is 9.90 Å². The molecule has 42 heavy (non-hydrogen) atoms. The van der Waals surface area contributed by atoms with E-state index < -0.39 is 5.97 Å². The summed E-state index contributed by atoms with van der Waals surface area (Å²) in [5, 5.41) is 12.0. The molecule has 6 nitrogen and oxygen atoms in total. The summed E-state index contributed by atoms with van der Waals surface area (Å²) in [5.74, 6) is -0.951. The lowest BCUT2D eigenvalue weighted by atomic mass is 9.94. The molecule has 0 fully saturated rings. The average Bonchev–Trinajstić information content (AvgIpc) is 3.52. The Labute approximate surface area is 244 Å². The minimum Gasteiger partial charge on any atom is -0.478 e. The summed E-state index contributed by atoms with van der Waals surface area (Å²) in [7, 11) is 2.27. The van der Waals surface area contributed by atoms with Crippen LogP contribution in [0.5, 0.6) is 0 Å². The zero-order valence-electron chi connectivity index (χ0n) is 23.4. The molecule has 0 aliphatic carbocycles. The third-order valence-corrected chi connectivity index (χ3v) is 8.44. The van der Waals surface area contributed by atoms with Gasteiger partial charge in [0.05, 0.1) is 30.5 Å². The molecule has 4 heterocycles. The molecular formula is C36H31N4O2+. The molecule has 0 spiro atoms. The van der Waals surface area contributed by atoms with Crippen LogP contribution >= 0.6 is 0 Å². The van der Waals surface area contributed by atoms with E-state index in [1.54, 1.807) is 0 Å². The van der Waals surface area contributed by atoms with Crippen LogP contribution in [-0.2, 0) is 12.8 Å². The molecular weight excluding hydrogens is 520 g/mol. The number of fused-ring (bicyclic) bond motifs is 3. The number of nitrogens with zero attached hydrogens (tertiary/aromatic N) is 4. The van der Waals surface area contributed by atoms with Crippen LogP contribution in [0.3, 0.4) is 0 Å². The van der Waals surface area contributed by atoms with Gasteiger partial charge in [-0.25, -0.2) is 9.78 Å². The molecule has 0 radical (unpaired) electrons. The van der Waals surface area contributed by atoms with Gasteiger partial charge in [-0.2, -0.15) is 0 Å². The van der Waals surface area contributed by atoms with Gasteiger partial charge in [0.2, 0.25) is 0 Å². The number of imidazole rings is 1. The monoisotopic (exact) mass is 551 g/mol. The number of rotatable bonds is 8. The van der Waals surface area contributed by atoms with Crippen LogP contribution in [0, 0.1) is 0 Å². The van der Waals surface area contributed by atoms with Crippen molar-refractivity contribution in [2.45, 2.75) is 19.3 Å². The molecule has 1 aliphatic heterocycles. The van der Waals surface area contributed by atoms with E-state index >= 15 is 0 Å². The lowest BCUT2D eigenvalue weighted by Gasteiger charge is -2.27. The molecule has 206 valence electrons. The molecule has 6 heteroatoms. The first-order valence-electron chi connectivity index (χ1n) is 14.3. The number of para-hydroxylation sites is 1. The van der Waals surface area contributed by atoms with E-state index in [0.29, 0.717) is 27.5 Å². The van der Waals surface area contributed by atoms with Crippen molar-refractivity contribution in [2.24, 2.45) is 0 Å². The third-order valence-electron chi connectivity index (χ3n) is 8.44. The summed E-state index contributed by atoms with van der Waals surface area (Å²) in [6.07, 6.45) is 10.8. The van der Waals surface area contributed by atoms with Gasteiger partial charge in [-0.1, -0.05) is 60.7 Å². The Morgan fingerprint density at radius 2 is 1.74 bits per heavy atom. The Morgan fingerprint density at radius 1 is 0.905 bits per heavy atom. The fourth-order valence-corrected chi connectivity index (χ4v) is 6.47. The maximum absolute atomic E-state index is 12.7. The van der Waals surface area contributed by atoms with E-state index in [9.17, 15) is 9.90 Å². The second kappa shape index (κ2) is 10.4. The lowest BCUT2D eigenvalue weighted by molar-refractivity contribution is 0.0700. The number of carboxylic acid groups (broad SMARTS) is 1. The first kappa shape index (κ1) is 25.9. The zero-order valence-corrected chi connectivity index (χ0v) is 23.4. The largest absolute Gasteiger partial charge is 0.478 e. The first-order chi connectivity index (χ1) is 20.5. The topological polar surface area (TPSA) is 67.5 Å². The maximum atomic E-state index is 12.7.